The predicted molar refractivity (Wildman–Crippen MR) is 167 cm³/mol. The van der Waals surface area contributed by atoms with Crippen LogP contribution >= 0.6 is 34.7 Å². The van der Waals surface area contributed by atoms with Gasteiger partial charge in [-0.25, -0.2) is 0 Å². The van der Waals surface area contributed by atoms with E-state index in [4.69, 9.17) is 16.3 Å². The topological polar surface area (TPSA) is 106 Å². The number of hydrogen-bond acceptors (Lipinski definition) is 9. The van der Waals surface area contributed by atoms with Gasteiger partial charge in [-0.1, -0.05) is 95.4 Å². The van der Waals surface area contributed by atoms with E-state index < -0.39 is 17.7 Å². The van der Waals surface area contributed by atoms with Crippen LogP contribution in [0.3, 0.4) is 0 Å². The van der Waals surface area contributed by atoms with Crippen molar-refractivity contribution in [1.82, 2.24) is 15.2 Å². The molecule has 11 heteroatoms. The Balaban J connectivity index is 1.36. The van der Waals surface area contributed by atoms with E-state index in [0.717, 1.165) is 11.1 Å². The van der Waals surface area contributed by atoms with Gasteiger partial charge in [0.1, 0.15) is 18.1 Å². The number of aliphatic hydroxyl groups is 1. The van der Waals surface area contributed by atoms with E-state index in [1.807, 2.05) is 54.6 Å². The highest BCUT2D eigenvalue weighted by molar-refractivity contribution is 8.00. The number of aliphatic hydroxyl groups excluding tert-OH is 1. The van der Waals surface area contributed by atoms with E-state index in [1.165, 1.54) is 40.4 Å². The van der Waals surface area contributed by atoms with Gasteiger partial charge in [-0.2, -0.15) is 0 Å². The van der Waals surface area contributed by atoms with Crippen LogP contribution in [0.2, 0.25) is 5.02 Å². The third-order valence-electron chi connectivity index (χ3n) is 6.73. The molecule has 0 aliphatic carbocycles. The first-order valence-corrected chi connectivity index (χ1v) is 15.4. The van der Waals surface area contributed by atoms with E-state index in [2.05, 4.69) is 15.2 Å². The molecular formula is C32H23ClN4O4S2. The van der Waals surface area contributed by atoms with E-state index >= 15 is 0 Å². The molecular weight excluding hydrogens is 604 g/mol. The molecule has 0 saturated carbocycles. The monoisotopic (exact) mass is 626 g/mol. The van der Waals surface area contributed by atoms with Crippen LogP contribution in [0.25, 0.3) is 5.76 Å². The number of amides is 1. The molecule has 1 unspecified atom stereocenters. The van der Waals surface area contributed by atoms with Gasteiger partial charge in [0.25, 0.3) is 5.78 Å². The molecule has 43 heavy (non-hydrogen) atoms. The number of hydrogen-bond donors (Lipinski definition) is 1. The van der Waals surface area contributed by atoms with Crippen molar-refractivity contribution in [3.8, 4) is 5.75 Å². The quantitative estimate of drug-likeness (QED) is 0.0608. The molecule has 3 aromatic carbocycles. The van der Waals surface area contributed by atoms with Gasteiger partial charge in [0.2, 0.25) is 5.13 Å². The number of nitrogens with zero attached hydrogens (tertiary/aromatic N) is 4. The Kier molecular flexibility index (Phi) is 8.50. The van der Waals surface area contributed by atoms with Crippen LogP contribution in [0.5, 0.6) is 5.75 Å². The summed E-state index contributed by atoms with van der Waals surface area (Å²) < 4.78 is 6.64. The van der Waals surface area contributed by atoms with Crippen molar-refractivity contribution < 1.29 is 19.4 Å². The van der Waals surface area contributed by atoms with Gasteiger partial charge in [-0.15, -0.1) is 10.2 Å². The van der Waals surface area contributed by atoms with E-state index in [0.29, 0.717) is 38.6 Å². The summed E-state index contributed by atoms with van der Waals surface area (Å²) in [5.74, 6) is -0.837. The van der Waals surface area contributed by atoms with E-state index in [-0.39, 0.29) is 16.5 Å². The summed E-state index contributed by atoms with van der Waals surface area (Å²) >= 11 is 8.92. The minimum Gasteiger partial charge on any atom is -0.507 e. The van der Waals surface area contributed by atoms with Gasteiger partial charge < -0.3 is 9.84 Å². The molecule has 3 heterocycles. The smallest absolute Gasteiger partial charge is 0.301 e. The van der Waals surface area contributed by atoms with Crippen molar-refractivity contribution in [2.45, 2.75) is 22.7 Å². The molecule has 0 bridgehead atoms. The maximum Gasteiger partial charge on any atom is 0.301 e. The van der Waals surface area contributed by atoms with Crippen LogP contribution in [0, 0.1) is 0 Å². The number of carbonyl (C=O) groups is 2. The number of ether oxygens (including phenoxy) is 1. The summed E-state index contributed by atoms with van der Waals surface area (Å²) in [6.45, 7) is 0.337. The molecule has 0 radical (unpaired) electrons. The van der Waals surface area contributed by atoms with Crippen molar-refractivity contribution in [2.24, 2.45) is 0 Å². The Morgan fingerprint density at radius 2 is 1.72 bits per heavy atom. The van der Waals surface area contributed by atoms with Crippen LogP contribution in [0.4, 0.5) is 5.13 Å². The number of aromatic nitrogens is 3. The summed E-state index contributed by atoms with van der Waals surface area (Å²) in [7, 11) is 0. The maximum absolute atomic E-state index is 13.6. The van der Waals surface area contributed by atoms with E-state index in [9.17, 15) is 14.7 Å². The predicted octanol–water partition coefficient (Wildman–Crippen LogP) is 7.08. The molecule has 1 aliphatic heterocycles. The van der Waals surface area contributed by atoms with Gasteiger partial charge in [-0.3, -0.25) is 19.5 Å². The lowest BCUT2D eigenvalue weighted by atomic mass is 9.95. The first-order valence-electron chi connectivity index (χ1n) is 13.2. The fraction of sp³-hybridized carbons (Fsp3) is 0.0938. The molecule has 2 aromatic heterocycles. The zero-order chi connectivity index (χ0) is 29.8. The van der Waals surface area contributed by atoms with Crippen molar-refractivity contribution in [2.75, 3.05) is 4.90 Å². The number of Topliss-reactive ketones (excluding diaryl/α,β-unsaturated/α-hetero) is 1. The van der Waals surface area contributed by atoms with Crippen LogP contribution in [0.1, 0.15) is 28.3 Å². The molecule has 5 aromatic rings. The number of benzene rings is 3. The third-order valence-corrected chi connectivity index (χ3v) is 9.20. The van der Waals surface area contributed by atoms with Crippen LogP contribution in [-0.2, 0) is 21.9 Å². The van der Waals surface area contributed by atoms with Gasteiger partial charge in [0.05, 0.1) is 11.6 Å². The summed E-state index contributed by atoms with van der Waals surface area (Å²) in [6, 6.07) is 26.6. The minimum absolute atomic E-state index is 0.0584. The fourth-order valence-electron chi connectivity index (χ4n) is 4.64. The first kappa shape index (κ1) is 28.6. The number of rotatable bonds is 9. The van der Waals surface area contributed by atoms with Crippen molar-refractivity contribution in [3.63, 3.8) is 0 Å². The molecule has 1 saturated heterocycles. The zero-order valence-corrected chi connectivity index (χ0v) is 24.9. The standard InChI is InChI=1S/C32H23ClN4O4S2/c33-25-12-5-4-9-23(25)19-42-32-36-35-31(43-32)37-27(26(29(39)30(37)40)28(38)21-13-15-34-16-14-21)22-10-6-11-24(17-22)41-18-20-7-2-1-3-8-20/h1-17,27,38H,18-19H2/b28-26+. The lowest BCUT2D eigenvalue weighted by Crippen LogP contribution is -2.29. The highest BCUT2D eigenvalue weighted by Gasteiger charge is 2.48. The third kappa shape index (κ3) is 6.17. The molecule has 6 rings (SSSR count). The number of carbonyl (C=O) groups excluding carboxylic acids is 2. The lowest BCUT2D eigenvalue weighted by molar-refractivity contribution is -0.132. The van der Waals surface area contributed by atoms with Crippen LogP contribution in [0.15, 0.2) is 113 Å². The summed E-state index contributed by atoms with van der Waals surface area (Å²) in [4.78, 5) is 32.4. The molecule has 8 nitrogen and oxygen atoms in total. The molecule has 0 spiro atoms. The summed E-state index contributed by atoms with van der Waals surface area (Å²) in [5, 5.41) is 20.8. The first-order chi connectivity index (χ1) is 21.0. The Morgan fingerprint density at radius 3 is 2.51 bits per heavy atom. The van der Waals surface area contributed by atoms with Gasteiger partial charge in [0, 0.05) is 28.7 Å². The molecule has 1 amide bonds. The van der Waals surface area contributed by atoms with Crippen molar-refractivity contribution >= 4 is 57.3 Å². The number of halogens is 1. The van der Waals surface area contributed by atoms with Gasteiger partial charge >= 0.3 is 5.91 Å². The van der Waals surface area contributed by atoms with Gasteiger partial charge in [-0.05, 0) is 47.0 Å². The fourth-order valence-corrected chi connectivity index (χ4v) is 6.79. The Bertz CT molecular complexity index is 1810. The van der Waals surface area contributed by atoms with Crippen molar-refractivity contribution in [1.29, 1.82) is 0 Å². The average molecular weight is 627 g/mol. The summed E-state index contributed by atoms with van der Waals surface area (Å²) in [5.41, 5.74) is 2.81. The van der Waals surface area contributed by atoms with Crippen LogP contribution < -0.4 is 9.64 Å². The lowest BCUT2D eigenvalue weighted by Gasteiger charge is -2.23. The zero-order valence-electron chi connectivity index (χ0n) is 22.5. The number of thioether (sulfide) groups is 1. The maximum atomic E-state index is 13.6. The number of pyridine rings is 1. The Hall–Kier alpha value is -4.51. The Morgan fingerprint density at radius 1 is 0.953 bits per heavy atom. The molecule has 214 valence electrons. The molecule has 1 fully saturated rings. The average Bonchev–Trinajstić information content (AvgIpc) is 3.62. The largest absolute Gasteiger partial charge is 0.507 e. The van der Waals surface area contributed by atoms with Gasteiger partial charge in [0.15, 0.2) is 4.34 Å². The molecule has 1 N–H and O–H groups in total. The number of anilines is 1. The second-order valence-electron chi connectivity index (χ2n) is 9.48. The molecule has 1 aliphatic rings. The normalized spacial score (nSPS) is 16.0. The Labute approximate surface area is 260 Å². The molecule has 1 atom stereocenters. The second-order valence-corrected chi connectivity index (χ2v) is 12.1. The SMILES string of the molecule is O=C1C(=O)N(c2nnc(SCc3ccccc3Cl)s2)C(c2cccc(OCc3ccccc3)c2)/C1=C(\O)c1ccncc1. The highest BCUT2D eigenvalue weighted by Crippen LogP contribution is 2.44. The van der Waals surface area contributed by atoms with Crippen LogP contribution in [-0.4, -0.2) is 32.0 Å². The minimum atomic E-state index is -0.970. The summed E-state index contributed by atoms with van der Waals surface area (Å²) in [6.07, 6.45) is 3.01. The second kappa shape index (κ2) is 12.8. The van der Waals surface area contributed by atoms with Crippen molar-refractivity contribution in [3.05, 3.63) is 136 Å². The number of ketones is 1. The highest BCUT2D eigenvalue weighted by atomic mass is 35.5. The van der Waals surface area contributed by atoms with E-state index in [1.54, 1.807) is 36.4 Å².